The molecule has 3 heteroatoms. The number of rotatable bonds is 8. The third-order valence-corrected chi connectivity index (χ3v) is 3.79. The van der Waals surface area contributed by atoms with Crippen molar-refractivity contribution in [1.29, 1.82) is 0 Å². The highest BCUT2D eigenvalue weighted by Gasteiger charge is 2.20. The molecule has 1 N–H and O–H groups in total. The zero-order chi connectivity index (χ0) is 13.4. The molecule has 0 aromatic carbocycles. The van der Waals surface area contributed by atoms with E-state index >= 15 is 0 Å². The van der Waals surface area contributed by atoms with E-state index in [1.807, 2.05) is 0 Å². The van der Waals surface area contributed by atoms with Gasteiger partial charge in [-0.3, -0.25) is 0 Å². The standard InChI is InChI=1S/C15H33N3/c1-5-9-17(6-2)11-12-18-10-7-8-15(13-18)16-14(3)4/h14-16H,5-13H2,1-4H3. The Hall–Kier alpha value is -0.120. The first-order chi connectivity index (χ1) is 8.65. The van der Waals surface area contributed by atoms with Crippen LogP contribution in [0.15, 0.2) is 0 Å². The molecule has 0 spiro atoms. The van der Waals surface area contributed by atoms with Gasteiger partial charge < -0.3 is 15.1 Å². The molecule has 3 nitrogen and oxygen atoms in total. The Morgan fingerprint density at radius 3 is 2.67 bits per heavy atom. The molecule has 1 rings (SSSR count). The minimum Gasteiger partial charge on any atom is -0.311 e. The Morgan fingerprint density at radius 2 is 2.06 bits per heavy atom. The number of nitrogens with zero attached hydrogens (tertiary/aromatic N) is 2. The van der Waals surface area contributed by atoms with Crippen LogP contribution in [0.3, 0.4) is 0 Å². The molecule has 18 heavy (non-hydrogen) atoms. The zero-order valence-electron chi connectivity index (χ0n) is 12.9. The molecule has 0 amide bonds. The molecule has 1 heterocycles. The number of hydrogen-bond acceptors (Lipinski definition) is 3. The van der Waals surface area contributed by atoms with E-state index in [-0.39, 0.29) is 0 Å². The second-order valence-electron chi connectivity index (χ2n) is 5.90. The smallest absolute Gasteiger partial charge is 0.0197 e. The van der Waals surface area contributed by atoms with Crippen LogP contribution < -0.4 is 5.32 Å². The van der Waals surface area contributed by atoms with Gasteiger partial charge in [0.05, 0.1) is 0 Å². The molecule has 1 unspecified atom stereocenters. The third kappa shape index (κ3) is 6.17. The first-order valence-corrected chi connectivity index (χ1v) is 7.86. The summed E-state index contributed by atoms with van der Waals surface area (Å²) in [5.74, 6) is 0. The molecule has 1 fully saturated rings. The normalized spacial score (nSPS) is 22.0. The van der Waals surface area contributed by atoms with Crippen molar-refractivity contribution in [2.45, 2.75) is 59.0 Å². The summed E-state index contributed by atoms with van der Waals surface area (Å²) in [5.41, 5.74) is 0. The van der Waals surface area contributed by atoms with Gasteiger partial charge in [-0.05, 0) is 38.9 Å². The minimum atomic E-state index is 0.613. The average molecular weight is 255 g/mol. The SMILES string of the molecule is CCCN(CC)CCN1CCCC(NC(C)C)C1. The van der Waals surface area contributed by atoms with Gasteiger partial charge in [0.1, 0.15) is 0 Å². The van der Waals surface area contributed by atoms with Gasteiger partial charge in [0.25, 0.3) is 0 Å². The topological polar surface area (TPSA) is 18.5 Å². The zero-order valence-corrected chi connectivity index (χ0v) is 12.9. The third-order valence-electron chi connectivity index (χ3n) is 3.79. The van der Waals surface area contributed by atoms with E-state index in [0.717, 1.165) is 0 Å². The first-order valence-electron chi connectivity index (χ1n) is 7.86. The highest BCUT2D eigenvalue weighted by Crippen LogP contribution is 2.10. The summed E-state index contributed by atoms with van der Waals surface area (Å²) in [6.45, 7) is 16.5. The van der Waals surface area contributed by atoms with Crippen LogP contribution in [0.5, 0.6) is 0 Å². The molecule has 0 bridgehead atoms. The maximum absolute atomic E-state index is 3.68. The van der Waals surface area contributed by atoms with Gasteiger partial charge in [0.2, 0.25) is 0 Å². The maximum Gasteiger partial charge on any atom is 0.0197 e. The predicted molar refractivity (Wildman–Crippen MR) is 80.1 cm³/mol. The Bertz CT molecular complexity index is 206. The van der Waals surface area contributed by atoms with Crippen LogP contribution in [0.2, 0.25) is 0 Å². The van der Waals surface area contributed by atoms with Gasteiger partial charge in [0, 0.05) is 31.7 Å². The van der Waals surface area contributed by atoms with E-state index in [1.54, 1.807) is 0 Å². The Balaban J connectivity index is 2.24. The summed E-state index contributed by atoms with van der Waals surface area (Å²) in [6.07, 6.45) is 3.97. The van der Waals surface area contributed by atoms with Gasteiger partial charge in [-0.2, -0.15) is 0 Å². The van der Waals surface area contributed by atoms with Crippen LogP contribution in [0.25, 0.3) is 0 Å². The van der Waals surface area contributed by atoms with E-state index in [2.05, 4.69) is 42.8 Å². The Kier molecular flexibility index (Phi) is 7.87. The molecule has 0 aromatic rings. The molecule has 0 aromatic heterocycles. The van der Waals surface area contributed by atoms with Crippen molar-refractivity contribution < 1.29 is 0 Å². The van der Waals surface area contributed by atoms with Gasteiger partial charge in [-0.15, -0.1) is 0 Å². The number of nitrogens with one attached hydrogen (secondary N) is 1. The largest absolute Gasteiger partial charge is 0.311 e. The molecule has 1 saturated heterocycles. The predicted octanol–water partition coefficient (Wildman–Crippen LogP) is 2.18. The monoisotopic (exact) mass is 255 g/mol. The lowest BCUT2D eigenvalue weighted by Gasteiger charge is -2.35. The van der Waals surface area contributed by atoms with E-state index in [9.17, 15) is 0 Å². The van der Waals surface area contributed by atoms with Crippen LogP contribution in [0.4, 0.5) is 0 Å². The highest BCUT2D eigenvalue weighted by molar-refractivity contribution is 4.79. The van der Waals surface area contributed by atoms with Crippen molar-refractivity contribution in [1.82, 2.24) is 15.1 Å². The molecular formula is C15H33N3. The van der Waals surface area contributed by atoms with Crippen LogP contribution in [0, 0.1) is 0 Å². The lowest BCUT2D eigenvalue weighted by molar-refractivity contribution is 0.158. The number of piperidine rings is 1. The fraction of sp³-hybridized carbons (Fsp3) is 1.00. The summed E-state index contributed by atoms with van der Waals surface area (Å²) >= 11 is 0. The summed E-state index contributed by atoms with van der Waals surface area (Å²) in [6, 6.07) is 1.32. The highest BCUT2D eigenvalue weighted by atomic mass is 15.2. The Morgan fingerprint density at radius 1 is 1.28 bits per heavy atom. The van der Waals surface area contributed by atoms with E-state index in [1.165, 1.54) is 58.5 Å². The molecule has 1 atom stereocenters. The summed E-state index contributed by atoms with van der Waals surface area (Å²) in [4.78, 5) is 5.21. The van der Waals surface area contributed by atoms with E-state index < -0.39 is 0 Å². The lowest BCUT2D eigenvalue weighted by atomic mass is 10.0. The van der Waals surface area contributed by atoms with Gasteiger partial charge >= 0.3 is 0 Å². The summed E-state index contributed by atoms with van der Waals surface area (Å²) < 4.78 is 0. The molecule has 1 aliphatic heterocycles. The number of likely N-dealkylation sites (tertiary alicyclic amines) is 1. The van der Waals surface area contributed by atoms with Crippen molar-refractivity contribution in [3.8, 4) is 0 Å². The van der Waals surface area contributed by atoms with Crippen molar-refractivity contribution in [3.63, 3.8) is 0 Å². The van der Waals surface area contributed by atoms with Crippen molar-refractivity contribution >= 4 is 0 Å². The average Bonchev–Trinajstić information content (AvgIpc) is 2.34. The fourth-order valence-corrected chi connectivity index (χ4v) is 2.89. The summed E-state index contributed by atoms with van der Waals surface area (Å²) in [7, 11) is 0. The quantitative estimate of drug-likeness (QED) is 0.717. The lowest BCUT2D eigenvalue weighted by Crippen LogP contribution is -2.49. The number of likely N-dealkylation sites (N-methyl/N-ethyl adjacent to an activating group) is 1. The van der Waals surface area contributed by atoms with Crippen LogP contribution in [-0.2, 0) is 0 Å². The van der Waals surface area contributed by atoms with Crippen molar-refractivity contribution in [2.75, 3.05) is 39.3 Å². The molecule has 0 radical (unpaired) electrons. The molecule has 1 aliphatic rings. The second-order valence-corrected chi connectivity index (χ2v) is 5.90. The van der Waals surface area contributed by atoms with Crippen molar-refractivity contribution in [2.24, 2.45) is 0 Å². The molecule has 0 aliphatic carbocycles. The molecular weight excluding hydrogens is 222 g/mol. The maximum atomic E-state index is 3.68. The van der Waals surface area contributed by atoms with E-state index in [4.69, 9.17) is 0 Å². The fourth-order valence-electron chi connectivity index (χ4n) is 2.89. The van der Waals surface area contributed by atoms with Gasteiger partial charge in [-0.25, -0.2) is 0 Å². The molecule has 0 saturated carbocycles. The van der Waals surface area contributed by atoms with Crippen molar-refractivity contribution in [3.05, 3.63) is 0 Å². The van der Waals surface area contributed by atoms with Crippen LogP contribution in [-0.4, -0.2) is 61.2 Å². The van der Waals surface area contributed by atoms with Crippen LogP contribution in [0.1, 0.15) is 47.0 Å². The van der Waals surface area contributed by atoms with Gasteiger partial charge in [-0.1, -0.05) is 27.7 Å². The first kappa shape index (κ1) is 15.9. The summed E-state index contributed by atoms with van der Waals surface area (Å²) in [5, 5.41) is 3.68. The Labute approximate surface area is 114 Å². The van der Waals surface area contributed by atoms with Crippen LogP contribution >= 0.6 is 0 Å². The minimum absolute atomic E-state index is 0.613. The number of hydrogen-bond donors (Lipinski definition) is 1. The second kappa shape index (κ2) is 8.89. The van der Waals surface area contributed by atoms with E-state index in [0.29, 0.717) is 12.1 Å². The van der Waals surface area contributed by atoms with Gasteiger partial charge in [0.15, 0.2) is 0 Å². The molecule has 108 valence electrons.